The van der Waals surface area contributed by atoms with Crippen molar-refractivity contribution in [2.24, 2.45) is 35.9 Å². The van der Waals surface area contributed by atoms with E-state index in [1.54, 1.807) is 6.20 Å². The topological polar surface area (TPSA) is 199 Å². The van der Waals surface area contributed by atoms with Gasteiger partial charge in [0.1, 0.15) is 34.9 Å². The summed E-state index contributed by atoms with van der Waals surface area (Å²) in [6, 6.07) is 77.2. The third kappa shape index (κ3) is 22.9. The molecular formula is C117H131F2N21O2. The molecule has 3 atom stereocenters. The summed E-state index contributed by atoms with van der Waals surface area (Å²) in [5.74, 6) is 4.13. The van der Waals surface area contributed by atoms with Crippen molar-refractivity contribution < 1.29 is 18.3 Å². The maximum atomic E-state index is 13.3. The number of fused-ring (bicyclic) bond motifs is 6. The Morgan fingerprint density at radius 1 is 0.331 bits per heavy atom. The average molecular weight is 1900 g/mol. The van der Waals surface area contributed by atoms with Gasteiger partial charge in [-0.3, -0.25) is 34.9 Å². The maximum Gasteiger partial charge on any atom is 0.251 e. The molecule has 0 amide bonds. The van der Waals surface area contributed by atoms with E-state index < -0.39 is 5.92 Å². The first-order chi connectivity index (χ1) is 69.5. The third-order valence-electron chi connectivity index (χ3n) is 29.7. The summed E-state index contributed by atoms with van der Waals surface area (Å²) in [6.45, 7) is 25.7. The van der Waals surface area contributed by atoms with E-state index in [2.05, 4.69) is 290 Å². The number of morpholine rings is 2. The van der Waals surface area contributed by atoms with Crippen LogP contribution in [0.3, 0.4) is 0 Å². The first-order valence-corrected chi connectivity index (χ1v) is 51.3. The lowest BCUT2D eigenvalue weighted by Gasteiger charge is -2.40. The van der Waals surface area contributed by atoms with Crippen LogP contribution in [-0.4, -0.2) is 249 Å². The van der Waals surface area contributed by atoms with Crippen LogP contribution in [0, 0.1) is 5.92 Å². The summed E-state index contributed by atoms with van der Waals surface area (Å²) in [5.41, 5.74) is 28.5. The van der Waals surface area contributed by atoms with Gasteiger partial charge < -0.3 is 48.7 Å². The second kappa shape index (κ2) is 44.9. The Morgan fingerprint density at radius 3 is 0.993 bits per heavy atom. The molecule has 6 aromatic carbocycles. The highest BCUT2D eigenvalue weighted by Gasteiger charge is 2.37. The fourth-order valence-electron chi connectivity index (χ4n) is 22.2. The quantitative estimate of drug-likeness (QED) is 0.0884. The van der Waals surface area contributed by atoms with E-state index >= 15 is 0 Å². The van der Waals surface area contributed by atoms with Crippen LogP contribution in [0.5, 0.6) is 0 Å². The molecule has 0 aliphatic carbocycles. The second-order valence-electron chi connectivity index (χ2n) is 39.7. The monoisotopic (exact) mass is 1900 g/mol. The Balaban J connectivity index is 0.000000105. The van der Waals surface area contributed by atoms with Gasteiger partial charge in [-0.2, -0.15) is 0 Å². The number of hydrogen-bond donors (Lipinski definition) is 0. The predicted molar refractivity (Wildman–Crippen MR) is 570 cm³/mol. The van der Waals surface area contributed by atoms with Gasteiger partial charge in [0.25, 0.3) is 5.92 Å². The van der Waals surface area contributed by atoms with Crippen molar-refractivity contribution in [1.82, 2.24) is 44.6 Å². The molecule has 12 aromatic rings. The summed E-state index contributed by atoms with van der Waals surface area (Å²) < 4.78 is 38.0. The maximum absolute atomic E-state index is 13.3. The molecule has 7 saturated heterocycles. The number of ether oxygens (including phenoxy) is 2. The van der Waals surface area contributed by atoms with Crippen LogP contribution < -0.4 is 29.4 Å². The highest BCUT2D eigenvalue weighted by Crippen LogP contribution is 2.37. The lowest BCUT2D eigenvalue weighted by molar-refractivity contribution is -0.0221. The number of rotatable bonds is 16. The third-order valence-corrected chi connectivity index (χ3v) is 29.7. The molecule has 0 radical (unpaired) electrons. The molecule has 0 saturated carbocycles. The van der Waals surface area contributed by atoms with Gasteiger partial charge in [-0.1, -0.05) is 146 Å². The molecule has 13 aliphatic heterocycles. The van der Waals surface area contributed by atoms with E-state index in [1.165, 1.54) is 155 Å². The molecular weight excluding hydrogens is 1770 g/mol. The highest BCUT2D eigenvalue weighted by molar-refractivity contribution is 6.19. The molecule has 25 rings (SSSR count). The van der Waals surface area contributed by atoms with Crippen LogP contribution in [0.15, 0.2) is 286 Å². The number of piperidine rings is 4. The number of halogens is 2. The highest BCUT2D eigenvalue weighted by atomic mass is 19.3. The molecule has 3 unspecified atom stereocenters. The van der Waals surface area contributed by atoms with Crippen molar-refractivity contribution in [3.05, 3.63) is 356 Å². The molecule has 142 heavy (non-hydrogen) atoms. The largest absolute Gasteiger partial charge is 0.379 e. The van der Waals surface area contributed by atoms with Crippen molar-refractivity contribution in [2.75, 3.05) is 169 Å². The summed E-state index contributed by atoms with van der Waals surface area (Å²) in [6.07, 6.45) is 21.8. The summed E-state index contributed by atoms with van der Waals surface area (Å²) in [7, 11) is 8.37. The Morgan fingerprint density at radius 2 is 0.641 bits per heavy atom. The first-order valence-electron chi connectivity index (χ1n) is 51.3. The first kappa shape index (κ1) is 96.2. The van der Waals surface area contributed by atoms with E-state index in [1.807, 2.05) is 85.2 Å². The summed E-state index contributed by atoms with van der Waals surface area (Å²) in [4.78, 5) is 76.8. The molecule has 0 spiro atoms. The van der Waals surface area contributed by atoms with Gasteiger partial charge in [0, 0.05) is 229 Å². The Hall–Kier alpha value is -13.3. The molecule has 7 fully saturated rings. The van der Waals surface area contributed by atoms with Gasteiger partial charge in [-0.05, 0) is 204 Å². The van der Waals surface area contributed by atoms with Crippen molar-refractivity contribution in [3.8, 4) is 0 Å². The molecule has 25 heteroatoms. The van der Waals surface area contributed by atoms with E-state index in [9.17, 15) is 8.78 Å². The Kier molecular flexibility index (Phi) is 30.4. The van der Waals surface area contributed by atoms with E-state index in [0.29, 0.717) is 25.7 Å². The Labute approximate surface area is 835 Å². The van der Waals surface area contributed by atoms with Crippen LogP contribution >= 0.6 is 0 Å². The fraction of sp³-hybridized carbons (Fsp3) is 0.385. The summed E-state index contributed by atoms with van der Waals surface area (Å²) >= 11 is 0. The van der Waals surface area contributed by atoms with Crippen LogP contribution in [0.4, 0.5) is 43.7 Å². The van der Waals surface area contributed by atoms with Gasteiger partial charge >= 0.3 is 0 Å². The van der Waals surface area contributed by atoms with Crippen molar-refractivity contribution in [2.45, 2.75) is 148 Å². The summed E-state index contributed by atoms with van der Waals surface area (Å²) in [5, 5.41) is 0. The van der Waals surface area contributed by atoms with E-state index in [0.717, 1.165) is 208 Å². The lowest BCUT2D eigenvalue weighted by Crippen LogP contribution is -2.49. The number of likely N-dealkylation sites (tertiary alicyclic amines) is 2. The minimum atomic E-state index is -2.54. The zero-order valence-corrected chi connectivity index (χ0v) is 82.9. The molecule has 23 nitrogen and oxygen atoms in total. The zero-order valence-electron chi connectivity index (χ0n) is 82.9. The zero-order chi connectivity index (χ0) is 96.8. The van der Waals surface area contributed by atoms with Gasteiger partial charge in [0.15, 0.2) is 0 Å². The fourth-order valence-corrected chi connectivity index (χ4v) is 22.2. The molecule has 13 aliphatic rings. The SMILES string of the molecule is CC1CN(c2cc(C3=NCc4ccccc43)ccn2)CC(C)O1.CN(C)c1cc(C2=NCc3ccccc32)ccn1.CN1CCCC(CN(C)c2cc(C3=NCc4ccccc43)ccn2)C1.FC1(F)CCN(c2cc(C3=NCc4ccccc43)ccn2)CC1.c1ccc2c(c1)CN=C2c1ccnc(N2CCC(N3CCCC3)CC2)c1.c1ccc2c(c1)CN=C2c1ccnc(N2CCC(N3CCOCC3)CC2)c1. The van der Waals surface area contributed by atoms with Gasteiger partial charge in [-0.15, -0.1) is 0 Å². The molecule has 19 heterocycles. The predicted octanol–water partition coefficient (Wildman–Crippen LogP) is 18.7. The molecule has 6 aromatic heterocycles. The number of alkyl halides is 2. The minimum absolute atomic E-state index is 0.108. The van der Waals surface area contributed by atoms with Crippen LogP contribution in [-0.2, 0) is 48.7 Å². The molecule has 730 valence electrons. The smallest absolute Gasteiger partial charge is 0.251 e. The van der Waals surface area contributed by atoms with Crippen molar-refractivity contribution in [3.63, 3.8) is 0 Å². The van der Waals surface area contributed by atoms with Crippen molar-refractivity contribution >= 4 is 69.2 Å². The minimum Gasteiger partial charge on any atom is -0.379 e. The van der Waals surface area contributed by atoms with Crippen LogP contribution in [0.25, 0.3) is 0 Å². The van der Waals surface area contributed by atoms with Crippen LogP contribution in [0.2, 0.25) is 0 Å². The normalized spacial score (nSPS) is 20.1. The number of nitrogens with zero attached hydrogens (tertiary/aromatic N) is 21. The van der Waals surface area contributed by atoms with E-state index in [-0.39, 0.29) is 25.0 Å². The lowest BCUT2D eigenvalue weighted by atomic mass is 9.98. The standard InChI is InChI=1S/C22H26N4O.C22H26N4.C21H26N4.C19H21N3O.C18H17F2N3.C15H15N3/c1-2-4-20-18(3-1)16-24-22(20)17-5-8-23-21(15-17)26-9-6-19(7-10-26)25-11-13-27-14-12-25;1-2-6-20-18(5-1)16-24-22(20)17-7-10-23-21(15-17)26-13-8-19(9-14-26)25-11-3-4-12-25;1-24-11-5-6-16(14-24)15-25(2)20-12-17(9-10-22-20)21-19-8-4-3-7-18(19)13-23-21;1-13-11-22(12-14(2)23-13)18-9-15(7-8-20-18)19-17-6-4-3-5-16(17)10-21-19;19-18(20)6-9-23(10-7-18)16-11-13(5-8-21-16)17-15-4-2-1-3-14(15)12-22-17;1-18(2)14-9-11(7-8-16-14)15-13-6-4-3-5-12(13)10-17-15/h1-5,8,15,19H,6-7,9-14,16H2;1-2,5-7,10,15,19H,3-4,8-9,11-14,16H2;3-4,7-10,12,16H,5-6,11,13-15H2,1-2H3;3-9,13-14H,10-12H2,1-2H3;1-5,8,11H,6-7,9-10,12H2;3-9H,10H2,1-2H3. The number of pyridine rings is 6. The second-order valence-corrected chi connectivity index (χ2v) is 39.7. The Bertz CT molecular complexity index is 6590. The number of aromatic nitrogens is 6. The van der Waals surface area contributed by atoms with E-state index in [4.69, 9.17) is 29.4 Å². The van der Waals surface area contributed by atoms with Crippen LogP contribution in [0.1, 0.15) is 178 Å². The number of hydrogen-bond acceptors (Lipinski definition) is 23. The average Bonchev–Trinajstić information content (AvgIpc) is 1.66. The van der Waals surface area contributed by atoms with Gasteiger partial charge in [0.2, 0.25) is 0 Å². The van der Waals surface area contributed by atoms with Crippen molar-refractivity contribution in [1.29, 1.82) is 0 Å². The number of anilines is 6. The molecule has 0 N–H and O–H groups in total. The van der Waals surface area contributed by atoms with Gasteiger partial charge in [-0.25, -0.2) is 38.7 Å². The molecule has 0 bridgehead atoms. The van der Waals surface area contributed by atoms with Gasteiger partial charge in [0.05, 0.1) is 99.0 Å². The number of aliphatic imine (C=N–C) groups is 6. The number of benzene rings is 6.